The Hall–Kier alpha value is -1.71. The minimum Gasteiger partial charge on any atom is -0.382 e. The van der Waals surface area contributed by atoms with Crippen molar-refractivity contribution >= 4 is 31.6 Å². The summed E-state index contributed by atoms with van der Waals surface area (Å²) in [5.74, 6) is 0.341. The predicted octanol–water partition coefficient (Wildman–Crippen LogP) is 2.06. The van der Waals surface area contributed by atoms with Crippen LogP contribution in [0.2, 0.25) is 0 Å². The van der Waals surface area contributed by atoms with Gasteiger partial charge in [0.05, 0.1) is 16.8 Å². The van der Waals surface area contributed by atoms with Crippen LogP contribution in [0.3, 0.4) is 0 Å². The number of nitrogens with one attached hydrogen (secondary N) is 1. The highest BCUT2D eigenvalue weighted by molar-refractivity contribution is 9.10. The standard InChI is InChI=1S/C17H21BrN4O3S/c1-21-17(23)16(18)15(12-20-21)19-11-13-7-9-22(10-8-13)26(24,25)14-5-3-2-4-6-14/h2-6,12-13,19H,7-11H2,1H3. The Balaban J connectivity index is 1.58. The molecule has 7 nitrogen and oxygen atoms in total. The number of hydrogen-bond acceptors (Lipinski definition) is 5. The molecule has 1 N–H and O–H groups in total. The second-order valence-electron chi connectivity index (χ2n) is 6.34. The fourth-order valence-electron chi connectivity index (χ4n) is 2.98. The number of hydrogen-bond donors (Lipinski definition) is 1. The van der Waals surface area contributed by atoms with Crippen LogP contribution in [0.25, 0.3) is 0 Å². The number of piperidine rings is 1. The molecule has 1 aromatic carbocycles. The summed E-state index contributed by atoms with van der Waals surface area (Å²) >= 11 is 3.29. The normalized spacial score (nSPS) is 16.5. The first-order valence-corrected chi connectivity index (χ1v) is 10.6. The van der Waals surface area contributed by atoms with Crippen LogP contribution < -0.4 is 10.9 Å². The minimum absolute atomic E-state index is 0.196. The highest BCUT2D eigenvalue weighted by Gasteiger charge is 2.29. The lowest BCUT2D eigenvalue weighted by atomic mass is 9.98. The highest BCUT2D eigenvalue weighted by Crippen LogP contribution is 2.25. The van der Waals surface area contributed by atoms with Gasteiger partial charge in [-0.2, -0.15) is 9.40 Å². The summed E-state index contributed by atoms with van der Waals surface area (Å²) in [5, 5.41) is 7.25. The molecule has 1 saturated heterocycles. The number of sulfonamides is 1. The first-order chi connectivity index (χ1) is 12.4. The van der Waals surface area contributed by atoms with Gasteiger partial charge in [0.15, 0.2) is 0 Å². The maximum atomic E-state index is 12.6. The molecule has 1 aliphatic heterocycles. The molecule has 0 saturated carbocycles. The van der Waals surface area contributed by atoms with Crippen molar-refractivity contribution in [3.63, 3.8) is 0 Å². The predicted molar refractivity (Wildman–Crippen MR) is 104 cm³/mol. The molecular formula is C17H21BrN4O3S. The number of benzene rings is 1. The first-order valence-electron chi connectivity index (χ1n) is 8.40. The third kappa shape index (κ3) is 3.99. The number of halogens is 1. The summed E-state index contributed by atoms with van der Waals surface area (Å²) in [6.45, 7) is 1.67. The Morgan fingerprint density at radius 3 is 2.54 bits per heavy atom. The van der Waals surface area contributed by atoms with Crippen LogP contribution in [-0.2, 0) is 17.1 Å². The lowest BCUT2D eigenvalue weighted by Gasteiger charge is -2.31. The summed E-state index contributed by atoms with van der Waals surface area (Å²) in [7, 11) is -1.82. The number of anilines is 1. The molecule has 2 heterocycles. The Labute approximate surface area is 161 Å². The van der Waals surface area contributed by atoms with Gasteiger partial charge in [0.1, 0.15) is 4.47 Å². The van der Waals surface area contributed by atoms with Crippen LogP contribution in [0.15, 0.2) is 50.7 Å². The molecule has 0 unspecified atom stereocenters. The van der Waals surface area contributed by atoms with Crippen molar-refractivity contribution in [3.8, 4) is 0 Å². The van der Waals surface area contributed by atoms with Crippen LogP contribution in [0.5, 0.6) is 0 Å². The third-order valence-corrected chi connectivity index (χ3v) is 7.29. The Morgan fingerprint density at radius 2 is 1.88 bits per heavy atom. The molecule has 0 radical (unpaired) electrons. The molecule has 1 aromatic heterocycles. The van der Waals surface area contributed by atoms with Crippen LogP contribution in [0.4, 0.5) is 5.69 Å². The van der Waals surface area contributed by atoms with E-state index in [1.54, 1.807) is 47.9 Å². The maximum absolute atomic E-state index is 12.6. The van der Waals surface area contributed by atoms with Gasteiger partial charge in [-0.1, -0.05) is 18.2 Å². The van der Waals surface area contributed by atoms with Crippen molar-refractivity contribution in [2.75, 3.05) is 25.0 Å². The topological polar surface area (TPSA) is 84.3 Å². The molecule has 3 rings (SSSR count). The molecule has 0 amide bonds. The van der Waals surface area contributed by atoms with Gasteiger partial charge in [-0.05, 0) is 46.8 Å². The first kappa shape index (κ1) is 19.1. The smallest absolute Gasteiger partial charge is 0.282 e. The van der Waals surface area contributed by atoms with E-state index in [0.717, 1.165) is 12.8 Å². The van der Waals surface area contributed by atoms with E-state index < -0.39 is 10.0 Å². The van der Waals surface area contributed by atoms with Crippen molar-refractivity contribution in [2.24, 2.45) is 13.0 Å². The highest BCUT2D eigenvalue weighted by atomic mass is 79.9. The zero-order valence-electron chi connectivity index (χ0n) is 14.4. The van der Waals surface area contributed by atoms with Crippen LogP contribution in [0.1, 0.15) is 12.8 Å². The maximum Gasteiger partial charge on any atom is 0.282 e. The van der Waals surface area contributed by atoms with Gasteiger partial charge in [0, 0.05) is 26.7 Å². The van der Waals surface area contributed by atoms with Crippen molar-refractivity contribution in [3.05, 3.63) is 51.4 Å². The van der Waals surface area contributed by atoms with Crippen molar-refractivity contribution in [2.45, 2.75) is 17.7 Å². The van der Waals surface area contributed by atoms with E-state index in [4.69, 9.17) is 0 Å². The van der Waals surface area contributed by atoms with Gasteiger partial charge in [0.25, 0.3) is 5.56 Å². The monoisotopic (exact) mass is 440 g/mol. The van der Waals surface area contributed by atoms with E-state index in [1.165, 1.54) is 4.68 Å². The SMILES string of the molecule is Cn1ncc(NCC2CCN(S(=O)(=O)c3ccccc3)CC2)c(Br)c1=O. The van der Waals surface area contributed by atoms with Crippen LogP contribution in [0, 0.1) is 5.92 Å². The average Bonchev–Trinajstić information content (AvgIpc) is 2.66. The van der Waals surface area contributed by atoms with E-state index in [9.17, 15) is 13.2 Å². The largest absolute Gasteiger partial charge is 0.382 e. The van der Waals surface area contributed by atoms with Crippen LogP contribution in [-0.4, -0.2) is 42.1 Å². The molecule has 0 spiro atoms. The fourth-order valence-corrected chi connectivity index (χ4v) is 4.97. The summed E-state index contributed by atoms with van der Waals surface area (Å²) in [4.78, 5) is 12.2. The molecule has 2 aromatic rings. The molecule has 1 fully saturated rings. The van der Waals surface area contributed by atoms with E-state index in [2.05, 4.69) is 26.3 Å². The summed E-state index contributed by atoms with van der Waals surface area (Å²) in [6.07, 6.45) is 3.16. The van der Waals surface area contributed by atoms with E-state index >= 15 is 0 Å². The molecule has 0 bridgehead atoms. The lowest BCUT2D eigenvalue weighted by molar-refractivity contribution is 0.282. The molecular weight excluding hydrogens is 420 g/mol. The minimum atomic E-state index is -3.42. The second kappa shape index (κ2) is 7.89. The average molecular weight is 441 g/mol. The van der Waals surface area contributed by atoms with Gasteiger partial charge >= 0.3 is 0 Å². The molecule has 140 valence electrons. The summed E-state index contributed by atoms with van der Waals surface area (Å²) in [6, 6.07) is 8.53. The van der Waals surface area contributed by atoms with Crippen molar-refractivity contribution in [1.29, 1.82) is 0 Å². The van der Waals surface area contributed by atoms with E-state index in [-0.39, 0.29) is 5.56 Å². The number of rotatable bonds is 5. The van der Waals surface area contributed by atoms with Gasteiger partial charge in [-0.25, -0.2) is 13.1 Å². The quantitative estimate of drug-likeness (QED) is 0.768. The van der Waals surface area contributed by atoms with E-state index in [0.29, 0.717) is 40.6 Å². The summed E-state index contributed by atoms with van der Waals surface area (Å²) < 4.78 is 28.6. The second-order valence-corrected chi connectivity index (χ2v) is 9.07. The van der Waals surface area contributed by atoms with Crippen molar-refractivity contribution in [1.82, 2.24) is 14.1 Å². The van der Waals surface area contributed by atoms with Gasteiger partial charge < -0.3 is 5.32 Å². The molecule has 1 aliphatic rings. The number of aryl methyl sites for hydroxylation is 1. The zero-order valence-corrected chi connectivity index (χ0v) is 16.8. The molecule has 0 atom stereocenters. The number of nitrogens with zero attached hydrogens (tertiary/aromatic N) is 3. The van der Waals surface area contributed by atoms with Crippen molar-refractivity contribution < 1.29 is 8.42 Å². The van der Waals surface area contributed by atoms with E-state index in [1.807, 2.05) is 0 Å². The number of aromatic nitrogens is 2. The Bertz CT molecular complexity index is 923. The third-order valence-electron chi connectivity index (χ3n) is 4.61. The fraction of sp³-hybridized carbons (Fsp3) is 0.412. The van der Waals surface area contributed by atoms with Gasteiger partial charge in [-0.3, -0.25) is 4.79 Å². The van der Waals surface area contributed by atoms with Gasteiger partial charge in [0.2, 0.25) is 10.0 Å². The molecule has 26 heavy (non-hydrogen) atoms. The van der Waals surface area contributed by atoms with Crippen LogP contribution >= 0.6 is 15.9 Å². The zero-order chi connectivity index (χ0) is 18.7. The Morgan fingerprint density at radius 1 is 1.23 bits per heavy atom. The molecule has 0 aliphatic carbocycles. The lowest BCUT2D eigenvalue weighted by Crippen LogP contribution is -2.39. The summed E-state index contributed by atoms with van der Waals surface area (Å²) in [5.41, 5.74) is 0.464. The Kier molecular flexibility index (Phi) is 5.79. The van der Waals surface area contributed by atoms with Gasteiger partial charge in [-0.15, -0.1) is 0 Å². The molecule has 9 heteroatoms.